The van der Waals surface area contributed by atoms with E-state index in [9.17, 15) is 36.3 Å². The van der Waals surface area contributed by atoms with Gasteiger partial charge >= 0.3 is 11.2 Å². The molecule has 0 atom stereocenters. The smallest absolute Gasteiger partial charge is 0.497 e. The van der Waals surface area contributed by atoms with Gasteiger partial charge in [0.15, 0.2) is 0 Å². The first-order valence-electron chi connectivity index (χ1n) is 11.6. The van der Waals surface area contributed by atoms with Gasteiger partial charge in [-0.2, -0.15) is 13.2 Å². The molecule has 10 nitrogen and oxygen atoms in total. The van der Waals surface area contributed by atoms with Gasteiger partial charge in [-0.15, -0.1) is 0 Å². The highest BCUT2D eigenvalue weighted by molar-refractivity contribution is 7.92. The molecule has 2 heterocycles. The summed E-state index contributed by atoms with van der Waals surface area (Å²) in [5.41, 5.74) is -4.77. The molecule has 0 saturated carbocycles. The van der Waals surface area contributed by atoms with Gasteiger partial charge in [0.2, 0.25) is 5.88 Å². The fourth-order valence-corrected chi connectivity index (χ4v) is 4.68. The van der Waals surface area contributed by atoms with Crippen LogP contribution in [0.2, 0.25) is 0 Å². The van der Waals surface area contributed by atoms with Gasteiger partial charge in [0, 0.05) is 18.9 Å². The first kappa shape index (κ1) is 28.4. The van der Waals surface area contributed by atoms with E-state index in [1.807, 2.05) is 0 Å². The van der Waals surface area contributed by atoms with Crippen molar-refractivity contribution in [3.05, 3.63) is 99.9 Å². The number of nitrogens with zero attached hydrogens (tertiary/aromatic N) is 3. The fourth-order valence-electron chi connectivity index (χ4n) is 3.92. The van der Waals surface area contributed by atoms with Crippen LogP contribution < -0.4 is 15.7 Å². The Morgan fingerprint density at radius 2 is 1.73 bits per heavy atom. The number of amides is 1. The summed E-state index contributed by atoms with van der Waals surface area (Å²) >= 11 is 0. The Balaban J connectivity index is 1.60. The van der Waals surface area contributed by atoms with Crippen LogP contribution in [0.1, 0.15) is 27.2 Å². The van der Waals surface area contributed by atoms with Crippen molar-refractivity contribution in [2.45, 2.75) is 30.4 Å². The van der Waals surface area contributed by atoms with Gasteiger partial charge in [-0.1, -0.05) is 12.1 Å². The summed E-state index contributed by atoms with van der Waals surface area (Å²) in [5, 5.41) is 13.4. The maximum atomic E-state index is 13.2. The second kappa shape index (κ2) is 10.9. The number of alkyl halides is 3. The van der Waals surface area contributed by atoms with Crippen LogP contribution in [-0.2, 0) is 22.9 Å². The van der Waals surface area contributed by atoms with Gasteiger partial charge in [0.05, 0.1) is 35.5 Å². The van der Waals surface area contributed by atoms with Crippen molar-refractivity contribution in [1.82, 2.24) is 19.4 Å². The maximum absolute atomic E-state index is 13.2. The van der Waals surface area contributed by atoms with Crippen LogP contribution in [0.4, 0.5) is 13.2 Å². The van der Waals surface area contributed by atoms with E-state index in [4.69, 9.17) is 4.74 Å². The molecular weight excluding hydrogens is 553 g/mol. The number of sulfone groups is 1. The number of benzene rings is 2. The highest BCUT2D eigenvalue weighted by atomic mass is 32.2. The standard InChI is InChI=1S/C26H23F3N4O6S/c1-16-24(35)33(19-5-9-21(10-6-19)40(37,38)26(27,28)29)25(36)32(16)15-18-11-12-30-14-22(18)23(34)31-13-17-3-7-20(39-2)8-4-17/h3-12,14,35H,13,15H2,1-2H3,(H,31,34). The quantitative estimate of drug-likeness (QED) is 0.329. The molecular formula is C26H23F3N4O6S. The molecule has 0 saturated heterocycles. The molecule has 0 unspecified atom stereocenters. The van der Waals surface area contributed by atoms with Gasteiger partial charge in [0.1, 0.15) is 5.75 Å². The number of aromatic hydroxyl groups is 1. The molecule has 40 heavy (non-hydrogen) atoms. The van der Waals surface area contributed by atoms with Crippen LogP contribution in [0.15, 0.2) is 76.7 Å². The van der Waals surface area contributed by atoms with Gasteiger partial charge in [-0.25, -0.2) is 17.8 Å². The summed E-state index contributed by atoms with van der Waals surface area (Å²) < 4.78 is 69.0. The zero-order chi connectivity index (χ0) is 29.2. The van der Waals surface area contributed by atoms with Gasteiger partial charge in [0.25, 0.3) is 15.7 Å². The summed E-state index contributed by atoms with van der Waals surface area (Å²) in [6.07, 6.45) is 2.78. The number of ether oxygens (including phenoxy) is 1. The van der Waals surface area contributed by atoms with E-state index >= 15 is 0 Å². The summed E-state index contributed by atoms with van der Waals surface area (Å²) in [6, 6.07) is 12.0. The number of hydrogen-bond donors (Lipinski definition) is 2. The third-order valence-electron chi connectivity index (χ3n) is 6.17. The minimum atomic E-state index is -5.58. The molecule has 0 aliphatic heterocycles. The third kappa shape index (κ3) is 5.43. The molecule has 4 rings (SSSR count). The number of carbonyl (C=O) groups is 1. The van der Waals surface area contributed by atoms with Crippen LogP contribution in [-0.4, -0.2) is 46.2 Å². The van der Waals surface area contributed by atoms with E-state index in [-0.39, 0.29) is 30.0 Å². The topological polar surface area (TPSA) is 133 Å². The van der Waals surface area contributed by atoms with Crippen molar-refractivity contribution < 1.29 is 36.2 Å². The molecule has 0 radical (unpaired) electrons. The summed E-state index contributed by atoms with van der Waals surface area (Å²) in [5.74, 6) is -0.284. The summed E-state index contributed by atoms with van der Waals surface area (Å²) in [7, 11) is -4.04. The highest BCUT2D eigenvalue weighted by Gasteiger charge is 2.46. The van der Waals surface area contributed by atoms with E-state index < -0.39 is 37.7 Å². The Kier molecular flexibility index (Phi) is 7.73. The molecule has 0 bridgehead atoms. The van der Waals surface area contributed by atoms with Crippen LogP contribution >= 0.6 is 0 Å². The number of methoxy groups -OCH3 is 1. The largest absolute Gasteiger partial charge is 0.501 e. The lowest BCUT2D eigenvalue weighted by atomic mass is 10.1. The molecule has 0 aliphatic carbocycles. The number of nitrogens with one attached hydrogen (secondary N) is 1. The molecule has 4 aromatic rings. The molecule has 2 aromatic heterocycles. The second-order valence-corrected chi connectivity index (χ2v) is 10.6. The lowest BCUT2D eigenvalue weighted by Gasteiger charge is -2.11. The Hall–Kier alpha value is -4.59. The Labute approximate surface area is 226 Å². The third-order valence-corrected chi connectivity index (χ3v) is 7.67. The number of pyridine rings is 1. The predicted octanol–water partition coefficient (Wildman–Crippen LogP) is 3.33. The molecule has 210 valence electrons. The van der Waals surface area contributed by atoms with Crippen molar-refractivity contribution in [2.24, 2.45) is 0 Å². The van der Waals surface area contributed by atoms with Gasteiger partial charge < -0.3 is 15.2 Å². The van der Waals surface area contributed by atoms with Crippen LogP contribution in [0.25, 0.3) is 5.69 Å². The van der Waals surface area contributed by atoms with E-state index in [1.54, 1.807) is 37.4 Å². The fraction of sp³-hybridized carbons (Fsp3) is 0.192. The van der Waals surface area contributed by atoms with Crippen molar-refractivity contribution in [2.75, 3.05) is 7.11 Å². The van der Waals surface area contributed by atoms with E-state index in [1.165, 1.54) is 23.9 Å². The van der Waals surface area contributed by atoms with Crippen molar-refractivity contribution >= 4 is 15.7 Å². The normalized spacial score (nSPS) is 11.8. The zero-order valence-electron chi connectivity index (χ0n) is 21.1. The highest BCUT2D eigenvalue weighted by Crippen LogP contribution is 2.31. The summed E-state index contributed by atoms with van der Waals surface area (Å²) in [4.78, 5) is 29.2. The van der Waals surface area contributed by atoms with Crippen LogP contribution in [0.5, 0.6) is 11.6 Å². The Morgan fingerprint density at radius 3 is 2.33 bits per heavy atom. The molecule has 0 aliphatic rings. The minimum Gasteiger partial charge on any atom is -0.497 e. The first-order valence-corrected chi connectivity index (χ1v) is 13.1. The van der Waals surface area contributed by atoms with Crippen molar-refractivity contribution in [3.63, 3.8) is 0 Å². The Bertz CT molecular complexity index is 1710. The average Bonchev–Trinajstić information content (AvgIpc) is 3.14. The first-order chi connectivity index (χ1) is 18.8. The number of aromatic nitrogens is 3. The molecule has 1 amide bonds. The molecule has 0 fully saturated rings. The van der Waals surface area contributed by atoms with Crippen molar-refractivity contribution in [1.29, 1.82) is 0 Å². The van der Waals surface area contributed by atoms with Gasteiger partial charge in [-0.3, -0.25) is 14.3 Å². The second-order valence-electron chi connectivity index (χ2n) is 8.62. The van der Waals surface area contributed by atoms with E-state index in [2.05, 4.69) is 10.3 Å². The number of carbonyl (C=O) groups excluding carboxylic acids is 1. The average molecular weight is 577 g/mol. The Morgan fingerprint density at radius 1 is 1.07 bits per heavy atom. The number of hydrogen-bond acceptors (Lipinski definition) is 7. The molecule has 14 heteroatoms. The van der Waals surface area contributed by atoms with Crippen LogP contribution in [0, 0.1) is 6.92 Å². The number of rotatable bonds is 8. The number of imidazole rings is 1. The van der Waals surface area contributed by atoms with Gasteiger partial charge in [-0.05, 0) is 60.5 Å². The zero-order valence-corrected chi connectivity index (χ0v) is 22.0. The summed E-state index contributed by atoms with van der Waals surface area (Å²) in [6.45, 7) is 1.52. The molecule has 2 aromatic carbocycles. The monoisotopic (exact) mass is 576 g/mol. The molecule has 0 spiro atoms. The van der Waals surface area contributed by atoms with Crippen molar-refractivity contribution in [3.8, 4) is 17.3 Å². The van der Waals surface area contributed by atoms with E-state index in [0.29, 0.717) is 23.4 Å². The minimum absolute atomic E-state index is 0.0577. The SMILES string of the molecule is COc1ccc(CNC(=O)c2cnccc2Cn2c(C)c(O)n(-c3ccc(S(=O)(=O)C(F)(F)F)cc3)c2=O)cc1. The lowest BCUT2D eigenvalue weighted by molar-refractivity contribution is -0.0436. The molecule has 2 N–H and O–H groups in total. The maximum Gasteiger partial charge on any atom is 0.501 e. The van der Waals surface area contributed by atoms with E-state index in [0.717, 1.165) is 22.3 Å². The predicted molar refractivity (Wildman–Crippen MR) is 137 cm³/mol. The lowest BCUT2D eigenvalue weighted by Crippen LogP contribution is -2.27. The van der Waals surface area contributed by atoms with Crippen LogP contribution in [0.3, 0.4) is 0 Å². The number of halogens is 3.